The second kappa shape index (κ2) is 11.2. The maximum atomic E-state index is 8.98. The van der Waals surface area contributed by atoms with Crippen LogP contribution in [0.5, 0.6) is 11.5 Å². The number of aliphatic hydroxyl groups is 2. The van der Waals surface area contributed by atoms with Gasteiger partial charge in [0.25, 0.3) is 0 Å². The molecule has 0 saturated heterocycles. The van der Waals surface area contributed by atoms with Crippen LogP contribution in [0.2, 0.25) is 0 Å². The van der Waals surface area contributed by atoms with Gasteiger partial charge in [0.15, 0.2) is 0 Å². The van der Waals surface area contributed by atoms with Crippen molar-refractivity contribution in [2.75, 3.05) is 26.4 Å². The van der Waals surface area contributed by atoms with E-state index in [4.69, 9.17) is 19.7 Å². The first-order valence-electron chi connectivity index (χ1n) is 12.4. The Labute approximate surface area is 211 Å². The number of hydrogen-bond donors (Lipinski definition) is 2. The molecule has 0 bridgehead atoms. The number of hydrogen-bond acceptors (Lipinski definition) is 4. The molecule has 0 saturated carbocycles. The van der Waals surface area contributed by atoms with Gasteiger partial charge in [-0.25, -0.2) is 0 Å². The molecule has 180 valence electrons. The summed E-state index contributed by atoms with van der Waals surface area (Å²) in [6, 6.07) is 20.7. The smallest absolute Gasteiger partial charge is 0.128 e. The maximum absolute atomic E-state index is 8.98. The lowest BCUT2D eigenvalue weighted by atomic mass is 9.91. The zero-order chi connectivity index (χ0) is 24.7. The second-order valence-electron chi connectivity index (χ2n) is 8.70. The molecule has 1 aliphatic heterocycles. The predicted molar refractivity (Wildman–Crippen MR) is 144 cm³/mol. The van der Waals surface area contributed by atoms with Gasteiger partial charge in [-0.2, -0.15) is 0 Å². The zero-order valence-electron chi connectivity index (χ0n) is 20.1. The van der Waals surface area contributed by atoms with Gasteiger partial charge in [-0.05, 0) is 70.8 Å². The SMILES string of the molecule is OCCCC#Cc1ccc2c3c(ccc2c1)OCCOc1ccc2cc(C#CCCCO)ccc2c1-3. The summed E-state index contributed by atoms with van der Waals surface area (Å²) in [6.45, 7) is 1.27. The van der Waals surface area contributed by atoms with E-state index in [-0.39, 0.29) is 13.2 Å². The van der Waals surface area contributed by atoms with Crippen LogP contribution in [0.15, 0.2) is 60.7 Å². The van der Waals surface area contributed by atoms with Gasteiger partial charge in [0.05, 0.1) is 0 Å². The Balaban J connectivity index is 1.65. The molecule has 0 radical (unpaired) electrons. The summed E-state index contributed by atoms with van der Waals surface area (Å²) in [7, 11) is 0. The van der Waals surface area contributed by atoms with E-state index in [1.807, 2.05) is 24.3 Å². The van der Waals surface area contributed by atoms with E-state index in [0.717, 1.165) is 55.3 Å². The first kappa shape index (κ1) is 23.8. The zero-order valence-corrected chi connectivity index (χ0v) is 20.1. The third-order valence-corrected chi connectivity index (χ3v) is 6.20. The third-order valence-electron chi connectivity index (χ3n) is 6.20. The molecule has 0 spiro atoms. The van der Waals surface area contributed by atoms with Gasteiger partial charge in [-0.3, -0.25) is 0 Å². The molecule has 0 fully saturated rings. The van der Waals surface area contributed by atoms with Crippen LogP contribution in [0.4, 0.5) is 0 Å². The maximum Gasteiger partial charge on any atom is 0.128 e. The van der Waals surface area contributed by atoms with Crippen LogP contribution < -0.4 is 9.47 Å². The van der Waals surface area contributed by atoms with E-state index in [1.54, 1.807) is 0 Å². The van der Waals surface area contributed by atoms with Crippen LogP contribution in [0, 0.1) is 23.7 Å². The van der Waals surface area contributed by atoms with Crippen LogP contribution in [0.25, 0.3) is 32.7 Å². The van der Waals surface area contributed by atoms with E-state index in [9.17, 15) is 0 Å². The van der Waals surface area contributed by atoms with Crippen molar-refractivity contribution >= 4 is 21.5 Å². The van der Waals surface area contributed by atoms with Gasteiger partial charge in [0.1, 0.15) is 24.7 Å². The number of ether oxygens (including phenoxy) is 2. The lowest BCUT2D eigenvalue weighted by Crippen LogP contribution is -2.12. The van der Waals surface area contributed by atoms with E-state index in [1.165, 1.54) is 0 Å². The molecule has 0 aliphatic carbocycles. The van der Waals surface area contributed by atoms with Crippen LogP contribution in [-0.4, -0.2) is 36.6 Å². The van der Waals surface area contributed by atoms with Crippen molar-refractivity contribution in [1.29, 1.82) is 0 Å². The Kier molecular flexibility index (Phi) is 7.39. The molecule has 4 nitrogen and oxygen atoms in total. The number of fused-ring (bicyclic) bond motifs is 7. The Hall–Kier alpha value is -3.96. The van der Waals surface area contributed by atoms with Crippen molar-refractivity contribution in [2.45, 2.75) is 25.7 Å². The van der Waals surface area contributed by atoms with Crippen molar-refractivity contribution < 1.29 is 19.7 Å². The summed E-state index contributed by atoms with van der Waals surface area (Å²) in [4.78, 5) is 0. The molecule has 0 amide bonds. The van der Waals surface area contributed by atoms with Crippen molar-refractivity contribution in [1.82, 2.24) is 0 Å². The van der Waals surface area contributed by atoms with E-state index >= 15 is 0 Å². The summed E-state index contributed by atoms with van der Waals surface area (Å²) in [5.41, 5.74) is 3.95. The predicted octanol–water partition coefficient (Wildman–Crippen LogP) is 5.68. The summed E-state index contributed by atoms with van der Waals surface area (Å²) in [5.74, 6) is 14.4. The molecule has 5 rings (SSSR count). The molecule has 0 atom stereocenters. The third kappa shape index (κ3) is 5.02. The van der Waals surface area contributed by atoms with Crippen molar-refractivity contribution in [3.8, 4) is 46.3 Å². The molecule has 2 N–H and O–H groups in total. The summed E-state index contributed by atoms with van der Waals surface area (Å²) in [6.07, 6.45) is 2.73. The highest BCUT2D eigenvalue weighted by Gasteiger charge is 2.21. The highest BCUT2D eigenvalue weighted by Crippen LogP contribution is 2.46. The minimum absolute atomic E-state index is 0.158. The molecule has 0 unspecified atom stereocenters. The number of unbranched alkanes of at least 4 members (excludes halogenated alkanes) is 2. The highest BCUT2D eigenvalue weighted by molar-refractivity contribution is 6.10. The summed E-state index contributed by atoms with van der Waals surface area (Å²) in [5, 5.41) is 22.3. The Morgan fingerprint density at radius 1 is 0.611 bits per heavy atom. The lowest BCUT2D eigenvalue weighted by Gasteiger charge is -2.22. The van der Waals surface area contributed by atoms with E-state index in [2.05, 4.69) is 60.1 Å². The first-order chi connectivity index (χ1) is 17.8. The monoisotopic (exact) mass is 476 g/mol. The molecule has 4 aromatic carbocycles. The fourth-order valence-electron chi connectivity index (χ4n) is 4.50. The minimum atomic E-state index is 0.158. The average Bonchev–Trinajstić information content (AvgIpc) is 2.89. The van der Waals surface area contributed by atoms with Crippen molar-refractivity contribution in [3.05, 3.63) is 71.8 Å². The lowest BCUT2D eigenvalue weighted by molar-refractivity contribution is 0.215. The van der Waals surface area contributed by atoms with Crippen LogP contribution >= 0.6 is 0 Å². The van der Waals surface area contributed by atoms with Gasteiger partial charge in [-0.15, -0.1) is 0 Å². The van der Waals surface area contributed by atoms with E-state index < -0.39 is 0 Å². The average molecular weight is 477 g/mol. The number of rotatable bonds is 4. The topological polar surface area (TPSA) is 58.9 Å². The van der Waals surface area contributed by atoms with Crippen LogP contribution in [0.3, 0.4) is 0 Å². The highest BCUT2D eigenvalue weighted by atomic mass is 16.5. The number of aliphatic hydroxyl groups excluding tert-OH is 2. The van der Waals surface area contributed by atoms with Gasteiger partial charge >= 0.3 is 0 Å². The summed E-state index contributed by atoms with van der Waals surface area (Å²) >= 11 is 0. The molecule has 1 aliphatic rings. The molecule has 0 aromatic heterocycles. The Morgan fingerprint density at radius 3 is 1.53 bits per heavy atom. The fraction of sp³-hybridized carbons (Fsp3) is 0.250. The molecular formula is C32H28O4. The van der Waals surface area contributed by atoms with Crippen molar-refractivity contribution in [3.63, 3.8) is 0 Å². The first-order valence-corrected chi connectivity index (χ1v) is 12.4. The number of benzene rings is 4. The quantitative estimate of drug-likeness (QED) is 0.294. The minimum Gasteiger partial charge on any atom is -0.489 e. The van der Waals surface area contributed by atoms with Crippen LogP contribution in [-0.2, 0) is 0 Å². The van der Waals surface area contributed by atoms with Gasteiger partial charge in [-0.1, -0.05) is 47.9 Å². The van der Waals surface area contributed by atoms with Gasteiger partial charge in [0.2, 0.25) is 0 Å². The molecule has 36 heavy (non-hydrogen) atoms. The van der Waals surface area contributed by atoms with Crippen molar-refractivity contribution in [2.24, 2.45) is 0 Å². The second-order valence-corrected chi connectivity index (χ2v) is 8.70. The molecule has 4 aromatic rings. The molecule has 1 heterocycles. The standard InChI is InChI=1S/C32H28O4/c33-17-5-1-3-7-23-9-13-27-25(21-23)11-15-29-31(27)32-28-14-10-24(8-4-2-6-18-34)22-26(28)12-16-30(32)36-20-19-35-29/h9-16,21-22,33-34H,1-2,5-6,17-20H2. The van der Waals surface area contributed by atoms with E-state index in [0.29, 0.717) is 38.9 Å². The Bertz CT molecular complexity index is 1410. The molecule has 4 heteroatoms. The largest absolute Gasteiger partial charge is 0.489 e. The molecular weight excluding hydrogens is 448 g/mol. The fourth-order valence-corrected chi connectivity index (χ4v) is 4.50. The Morgan fingerprint density at radius 2 is 1.08 bits per heavy atom. The normalized spacial score (nSPS) is 12.1. The van der Waals surface area contributed by atoms with Gasteiger partial charge < -0.3 is 19.7 Å². The van der Waals surface area contributed by atoms with Gasteiger partial charge in [0, 0.05) is 48.3 Å². The summed E-state index contributed by atoms with van der Waals surface area (Å²) < 4.78 is 12.3. The van der Waals surface area contributed by atoms with Crippen LogP contribution in [0.1, 0.15) is 36.8 Å².